The van der Waals surface area contributed by atoms with Gasteiger partial charge < -0.3 is 38.1 Å². The smallest absolute Gasteiger partial charge is 0.245 e. The Balaban J connectivity index is -0.0000000926. The van der Waals surface area contributed by atoms with E-state index in [1.165, 1.54) is 5.48 Å². The van der Waals surface area contributed by atoms with Crippen LogP contribution in [0.25, 0.3) is 0 Å². The molecule has 0 aliphatic carbocycles. The van der Waals surface area contributed by atoms with Gasteiger partial charge in [-0.25, -0.2) is 11.3 Å². The van der Waals surface area contributed by atoms with Gasteiger partial charge in [0.25, 0.3) is 0 Å². The third kappa shape index (κ3) is 43.7. The van der Waals surface area contributed by atoms with E-state index in [0.29, 0.717) is 11.5 Å². The van der Waals surface area contributed by atoms with Gasteiger partial charge in [0.15, 0.2) is 5.78 Å². The number of amidine groups is 2. The predicted octanol–water partition coefficient (Wildman–Crippen LogP) is 0.900. The van der Waals surface area contributed by atoms with E-state index in [1.54, 1.807) is 41.5 Å². The molecular weight excluding hydrogens is 550 g/mol. The first-order chi connectivity index (χ1) is 19.1. The molecule has 15 N–H and O–H groups in total. The molecule has 42 heavy (non-hydrogen) atoms. The van der Waals surface area contributed by atoms with Crippen LogP contribution in [0.1, 0.15) is 83.1 Å². The van der Waals surface area contributed by atoms with Crippen molar-refractivity contribution >= 4 is 35.0 Å². The molecule has 0 heterocycles. The molecule has 16 nitrogen and oxygen atoms in total. The van der Waals surface area contributed by atoms with Crippen molar-refractivity contribution in [1.82, 2.24) is 10.9 Å². The maximum Gasteiger partial charge on any atom is 0.245 e. The highest BCUT2D eigenvalue weighted by Crippen LogP contribution is 1.92. The lowest BCUT2D eigenvalue weighted by Gasteiger charge is -1.99. The molecule has 0 aromatic rings. The Morgan fingerprint density at radius 2 is 1.07 bits per heavy atom. The number of hydroxylamine groups is 1. The predicted molar refractivity (Wildman–Crippen MR) is 167 cm³/mol. The zero-order valence-corrected chi connectivity index (χ0v) is 27.6. The van der Waals surface area contributed by atoms with Crippen LogP contribution >= 0.6 is 0 Å². The van der Waals surface area contributed by atoms with E-state index in [9.17, 15) is 14.4 Å². The van der Waals surface area contributed by atoms with Gasteiger partial charge in [0, 0.05) is 35.3 Å². The van der Waals surface area contributed by atoms with Crippen molar-refractivity contribution in [3.05, 3.63) is 0 Å². The van der Waals surface area contributed by atoms with Crippen LogP contribution in [0.3, 0.4) is 0 Å². The summed E-state index contributed by atoms with van der Waals surface area (Å²) in [6.45, 7) is 21.4. The van der Waals surface area contributed by atoms with Gasteiger partial charge in [0.2, 0.25) is 11.8 Å². The highest BCUT2D eigenvalue weighted by atomic mass is 16.5. The molecule has 0 rings (SSSR count). The Hall–Kier alpha value is -3.34. The Kier molecular flexibility index (Phi) is 41.4. The van der Waals surface area contributed by atoms with Crippen LogP contribution in [-0.2, 0) is 14.4 Å². The molecule has 0 unspecified atom stereocenters. The number of aliphatic hydroxyl groups is 2. The van der Waals surface area contributed by atoms with Crippen LogP contribution in [0.5, 0.6) is 0 Å². The second-order valence-corrected chi connectivity index (χ2v) is 10.3. The number of carbonyl (C=O) groups excluding carboxylic acids is 3. The van der Waals surface area contributed by atoms with E-state index < -0.39 is 0 Å². The number of hydrazine groups is 1. The minimum Gasteiger partial charge on any atom is -0.409 e. The number of hydrogen-bond acceptors (Lipinski definition) is 12. The van der Waals surface area contributed by atoms with Crippen molar-refractivity contribution in [1.29, 1.82) is 5.41 Å². The normalized spacial score (nSPS) is 10.5. The van der Waals surface area contributed by atoms with Crippen LogP contribution in [0.2, 0.25) is 0 Å². The van der Waals surface area contributed by atoms with E-state index >= 15 is 0 Å². The van der Waals surface area contributed by atoms with Gasteiger partial charge in [0.1, 0.15) is 18.3 Å². The third-order valence-electron chi connectivity index (χ3n) is 4.42. The summed E-state index contributed by atoms with van der Waals surface area (Å²) in [7, 11) is 0. The Labute approximate surface area is 251 Å². The Morgan fingerprint density at radius 3 is 1.07 bits per heavy atom. The summed E-state index contributed by atoms with van der Waals surface area (Å²) in [6, 6.07) is 0. The largest absolute Gasteiger partial charge is 0.409 e. The number of nitrogens with one attached hydrogen (secondary N) is 3. The summed E-state index contributed by atoms with van der Waals surface area (Å²) >= 11 is 0. The second-order valence-electron chi connectivity index (χ2n) is 10.3. The van der Waals surface area contributed by atoms with Crippen molar-refractivity contribution in [3.63, 3.8) is 0 Å². The molecule has 0 aliphatic rings. The summed E-state index contributed by atoms with van der Waals surface area (Å²) in [4.78, 5) is 30.7. The number of ketones is 1. The highest BCUT2D eigenvalue weighted by Gasteiger charge is 2.03. The molecule has 0 spiro atoms. The topological polar surface area (TPSA) is 309 Å². The number of hydrazone groups is 1. The molecule has 0 saturated carbocycles. The van der Waals surface area contributed by atoms with Gasteiger partial charge in [-0.15, -0.1) is 0 Å². The first kappa shape index (κ1) is 51.4. The van der Waals surface area contributed by atoms with Gasteiger partial charge in [-0.2, -0.15) is 5.10 Å². The lowest BCUT2D eigenvalue weighted by atomic mass is 10.1. The molecule has 0 atom stereocenters. The van der Waals surface area contributed by atoms with Crippen molar-refractivity contribution in [2.24, 2.45) is 68.9 Å². The molecule has 0 saturated heterocycles. The summed E-state index contributed by atoms with van der Waals surface area (Å²) in [6.07, 6.45) is 0. The summed E-state index contributed by atoms with van der Waals surface area (Å²) in [5, 5.41) is 45.3. The van der Waals surface area contributed by atoms with Gasteiger partial charge in [0.05, 0.1) is 6.61 Å². The lowest BCUT2D eigenvalue weighted by molar-refractivity contribution is -0.132. The van der Waals surface area contributed by atoms with Crippen LogP contribution in [0.4, 0.5) is 0 Å². The minimum atomic E-state index is -0.347. The fraction of sp³-hybridized carbons (Fsp3) is 0.769. The van der Waals surface area contributed by atoms with Gasteiger partial charge in [-0.1, -0.05) is 88.2 Å². The lowest BCUT2D eigenvalue weighted by Crippen LogP contribution is -2.33. The van der Waals surface area contributed by atoms with E-state index in [4.69, 9.17) is 49.2 Å². The standard InChI is InChI=1S/C5H11NO.C5H10O2.C4H11N3.2C4H10N2O.C4H9NO2/c1-4(2)5(6)3-7;1-4(2)5(7)3-6;1-3(2)4(5)7-6;1-3(2)4(7)6-5;1-3(2)4(5)6-7;1-3(2)4(6)5-7/h4,6-7H,3H2,1-2H3;4,6H,3H2,1-2H3;3H,6H2,1-2H3,(H2,5,7);3H,5H2,1-2H3,(H,6,7);3,7H,1-2H3,(H2,5,6);3,7H,1-2H3,(H,5,6). The molecule has 16 heteroatoms. The summed E-state index contributed by atoms with van der Waals surface area (Å²) in [5.41, 5.74) is 14.3. The van der Waals surface area contributed by atoms with Gasteiger partial charge in [-0.05, 0) is 5.92 Å². The van der Waals surface area contributed by atoms with Crippen LogP contribution in [-0.4, -0.2) is 68.8 Å². The average Bonchev–Trinajstić information content (AvgIpc) is 2.95. The maximum atomic E-state index is 10.3. The number of amides is 2. The molecule has 0 bridgehead atoms. The van der Waals surface area contributed by atoms with E-state index in [2.05, 4.69) is 10.3 Å². The SMILES string of the molecule is CC(C)C(=N)CO.CC(C)C(=O)CO.CC(C)C(=O)NN.CC(C)C(=O)NO.CC(C)C(N)=NN.CC(C)C(N)=NO. The van der Waals surface area contributed by atoms with E-state index in [-0.39, 0.29) is 72.2 Å². The van der Waals surface area contributed by atoms with Gasteiger partial charge >= 0.3 is 0 Å². The van der Waals surface area contributed by atoms with Crippen molar-refractivity contribution in [2.75, 3.05) is 13.2 Å². The summed E-state index contributed by atoms with van der Waals surface area (Å²) in [5.74, 6) is 10.3. The minimum absolute atomic E-state index is 0.00926. The van der Waals surface area contributed by atoms with Crippen LogP contribution in [0.15, 0.2) is 10.3 Å². The van der Waals surface area contributed by atoms with E-state index in [0.717, 1.165) is 0 Å². The number of rotatable bonds is 8. The van der Waals surface area contributed by atoms with Gasteiger partial charge in [-0.3, -0.25) is 25.0 Å². The maximum absolute atomic E-state index is 10.3. The first-order valence-corrected chi connectivity index (χ1v) is 13.4. The molecule has 0 radical (unpaired) electrons. The number of Topliss-reactive ketones (excluding diaryl/α,β-unsaturated/α-hetero) is 1. The van der Waals surface area contributed by atoms with Crippen LogP contribution in [0, 0.1) is 40.9 Å². The molecule has 0 fully saturated rings. The van der Waals surface area contributed by atoms with Crippen molar-refractivity contribution in [3.8, 4) is 0 Å². The molecule has 0 aromatic heterocycles. The molecule has 2 amide bonds. The molecule has 0 aliphatic heterocycles. The Morgan fingerprint density at radius 1 is 0.690 bits per heavy atom. The monoisotopic (exact) mass is 611 g/mol. The van der Waals surface area contributed by atoms with Crippen molar-refractivity contribution < 1.29 is 35.0 Å². The Bertz CT molecular complexity index is 652. The summed E-state index contributed by atoms with van der Waals surface area (Å²) < 4.78 is 0. The number of aliphatic hydroxyl groups excluding tert-OH is 2. The highest BCUT2D eigenvalue weighted by molar-refractivity contribution is 5.84. The molecular formula is C26H61N9O7. The van der Waals surface area contributed by atoms with E-state index in [1.807, 2.05) is 47.0 Å². The molecule has 252 valence electrons. The number of nitrogens with zero attached hydrogens (tertiary/aromatic N) is 2. The number of nitrogens with two attached hydrogens (primary N) is 4. The fourth-order valence-electron chi connectivity index (χ4n) is 0.925. The zero-order valence-electron chi connectivity index (χ0n) is 27.6. The average molecular weight is 612 g/mol. The number of hydrogen-bond donors (Lipinski definition) is 11. The first-order valence-electron chi connectivity index (χ1n) is 13.4. The molecule has 0 aromatic carbocycles. The number of oxime groups is 1. The van der Waals surface area contributed by atoms with Crippen LogP contribution < -0.4 is 34.1 Å². The zero-order chi connectivity index (χ0) is 35.2. The second kappa shape index (κ2) is 33.9. The number of carbonyl (C=O) groups is 3. The van der Waals surface area contributed by atoms with Crippen molar-refractivity contribution in [2.45, 2.75) is 83.1 Å². The quantitative estimate of drug-likeness (QED) is 0.0348. The third-order valence-corrected chi connectivity index (χ3v) is 4.42. The fourth-order valence-corrected chi connectivity index (χ4v) is 0.925.